The first-order valence-corrected chi connectivity index (χ1v) is 7.01. The number of ether oxygens (including phenoxy) is 1. The Balaban J connectivity index is 1.84. The van der Waals surface area contributed by atoms with E-state index in [0.717, 1.165) is 16.9 Å². The molecule has 110 valence electrons. The molecule has 2 rings (SSSR count). The van der Waals surface area contributed by atoms with Gasteiger partial charge in [0, 0.05) is 11.4 Å². The topological polar surface area (TPSA) is 64.3 Å². The van der Waals surface area contributed by atoms with Gasteiger partial charge in [-0.25, -0.2) is 5.84 Å². The first-order chi connectivity index (χ1) is 10.2. The van der Waals surface area contributed by atoms with Gasteiger partial charge in [-0.15, -0.1) is 0 Å². The van der Waals surface area contributed by atoms with E-state index in [-0.39, 0.29) is 5.91 Å². The zero-order valence-corrected chi connectivity index (χ0v) is 12.3. The molecule has 0 unspecified atom stereocenters. The van der Waals surface area contributed by atoms with Crippen molar-refractivity contribution in [3.63, 3.8) is 0 Å². The molecule has 0 aromatic heterocycles. The third-order valence-corrected chi connectivity index (χ3v) is 3.30. The highest BCUT2D eigenvalue weighted by molar-refractivity contribution is 6.30. The minimum atomic E-state index is -0.168. The van der Waals surface area contributed by atoms with Gasteiger partial charge in [0.2, 0.25) is 5.91 Å². The maximum absolute atomic E-state index is 11.1. The van der Waals surface area contributed by atoms with Crippen molar-refractivity contribution in [2.24, 2.45) is 5.84 Å². The summed E-state index contributed by atoms with van der Waals surface area (Å²) in [5, 5.41) is 0.713. The van der Waals surface area contributed by atoms with Crippen LogP contribution in [0.15, 0.2) is 48.5 Å². The molecule has 0 saturated heterocycles. The lowest BCUT2D eigenvalue weighted by atomic mass is 10.1. The summed E-state index contributed by atoms with van der Waals surface area (Å²) in [5.41, 5.74) is 4.24. The van der Waals surface area contributed by atoms with E-state index < -0.39 is 0 Å². The fourth-order valence-corrected chi connectivity index (χ4v) is 1.96. The highest BCUT2D eigenvalue weighted by atomic mass is 35.5. The van der Waals surface area contributed by atoms with Gasteiger partial charge < -0.3 is 4.74 Å². The summed E-state index contributed by atoms with van der Waals surface area (Å²) in [5.74, 6) is 5.66. The summed E-state index contributed by atoms with van der Waals surface area (Å²) in [7, 11) is 0. The van der Waals surface area contributed by atoms with Gasteiger partial charge in [0.25, 0.3) is 0 Å². The molecule has 2 aromatic rings. The van der Waals surface area contributed by atoms with Crippen molar-refractivity contribution in [1.82, 2.24) is 5.43 Å². The Kier molecular flexibility index (Phi) is 5.60. The van der Waals surface area contributed by atoms with Gasteiger partial charge in [-0.3, -0.25) is 10.2 Å². The SMILES string of the molecule is NNC(=O)CCc1ccc(OCc2ccc(Cl)cc2)cc1. The Bertz CT molecular complexity index is 582. The van der Waals surface area contributed by atoms with Crippen LogP contribution in [0.3, 0.4) is 0 Å². The van der Waals surface area contributed by atoms with Crippen molar-refractivity contribution in [3.8, 4) is 5.75 Å². The van der Waals surface area contributed by atoms with Gasteiger partial charge in [-0.2, -0.15) is 0 Å². The molecule has 0 radical (unpaired) electrons. The third-order valence-electron chi connectivity index (χ3n) is 3.04. The normalized spacial score (nSPS) is 10.2. The quantitative estimate of drug-likeness (QED) is 0.490. The van der Waals surface area contributed by atoms with Crippen LogP contribution in [0.2, 0.25) is 5.02 Å². The molecular weight excluding hydrogens is 288 g/mol. The molecule has 0 atom stereocenters. The number of carbonyl (C=O) groups excluding carboxylic acids is 1. The van der Waals surface area contributed by atoms with Gasteiger partial charge in [0.1, 0.15) is 12.4 Å². The number of halogens is 1. The lowest BCUT2D eigenvalue weighted by Crippen LogP contribution is -2.30. The molecule has 0 aliphatic rings. The summed E-state index contributed by atoms with van der Waals surface area (Å²) in [4.78, 5) is 11.1. The van der Waals surface area contributed by atoms with Gasteiger partial charge in [-0.05, 0) is 41.8 Å². The number of hydrogen-bond donors (Lipinski definition) is 2. The van der Waals surface area contributed by atoms with Crippen molar-refractivity contribution in [3.05, 3.63) is 64.7 Å². The average molecular weight is 305 g/mol. The minimum Gasteiger partial charge on any atom is -0.489 e. The standard InChI is InChI=1S/C16H17ClN2O2/c17-14-6-1-13(2-7-14)11-21-15-8-3-12(4-9-15)5-10-16(20)19-18/h1-4,6-9H,5,10-11,18H2,(H,19,20). The average Bonchev–Trinajstić information content (AvgIpc) is 2.53. The summed E-state index contributed by atoms with van der Waals surface area (Å²) in [6, 6.07) is 15.2. The van der Waals surface area contributed by atoms with Crippen molar-refractivity contribution >= 4 is 17.5 Å². The molecule has 5 heteroatoms. The zero-order chi connectivity index (χ0) is 15.1. The van der Waals surface area contributed by atoms with E-state index in [1.54, 1.807) is 0 Å². The fraction of sp³-hybridized carbons (Fsp3) is 0.188. The smallest absolute Gasteiger partial charge is 0.234 e. The molecule has 3 N–H and O–H groups in total. The van der Waals surface area contributed by atoms with Crippen molar-refractivity contribution in [1.29, 1.82) is 0 Å². The molecule has 0 saturated carbocycles. The maximum atomic E-state index is 11.1. The first kappa shape index (κ1) is 15.4. The van der Waals surface area contributed by atoms with E-state index in [1.807, 2.05) is 48.5 Å². The Morgan fingerprint density at radius 3 is 2.29 bits per heavy atom. The molecule has 4 nitrogen and oxygen atoms in total. The van der Waals surface area contributed by atoms with Crippen LogP contribution in [0.25, 0.3) is 0 Å². The monoisotopic (exact) mass is 304 g/mol. The maximum Gasteiger partial charge on any atom is 0.234 e. The van der Waals surface area contributed by atoms with Crippen LogP contribution in [0.1, 0.15) is 17.5 Å². The van der Waals surface area contributed by atoms with Gasteiger partial charge >= 0.3 is 0 Å². The predicted molar refractivity (Wildman–Crippen MR) is 82.9 cm³/mol. The Hall–Kier alpha value is -2.04. The molecule has 0 aliphatic carbocycles. The van der Waals surface area contributed by atoms with Crippen LogP contribution in [0, 0.1) is 0 Å². The molecule has 21 heavy (non-hydrogen) atoms. The van der Waals surface area contributed by atoms with Crippen LogP contribution < -0.4 is 16.0 Å². The first-order valence-electron chi connectivity index (χ1n) is 6.63. The number of hydrazine groups is 1. The number of hydrogen-bond acceptors (Lipinski definition) is 3. The van der Waals surface area contributed by atoms with Crippen molar-refractivity contribution in [2.75, 3.05) is 0 Å². The van der Waals surface area contributed by atoms with Crippen LogP contribution in [0.5, 0.6) is 5.75 Å². The number of aryl methyl sites for hydroxylation is 1. The zero-order valence-electron chi connectivity index (χ0n) is 11.5. The van der Waals surface area contributed by atoms with Crippen LogP contribution in [0.4, 0.5) is 0 Å². The summed E-state index contributed by atoms with van der Waals surface area (Å²) >= 11 is 5.83. The lowest BCUT2D eigenvalue weighted by Gasteiger charge is -2.07. The minimum absolute atomic E-state index is 0.168. The molecule has 0 spiro atoms. The highest BCUT2D eigenvalue weighted by Gasteiger charge is 2.01. The summed E-state index contributed by atoms with van der Waals surface area (Å²) < 4.78 is 5.69. The Morgan fingerprint density at radius 2 is 1.67 bits per heavy atom. The third kappa shape index (κ3) is 5.10. The number of carbonyl (C=O) groups is 1. The van der Waals surface area contributed by atoms with E-state index in [2.05, 4.69) is 5.43 Å². The summed E-state index contributed by atoms with van der Waals surface area (Å²) in [6.07, 6.45) is 1.03. The molecule has 0 fully saturated rings. The van der Waals surface area contributed by atoms with E-state index in [4.69, 9.17) is 22.2 Å². The van der Waals surface area contributed by atoms with Gasteiger partial charge in [0.15, 0.2) is 0 Å². The van der Waals surface area contributed by atoms with Gasteiger partial charge in [0.05, 0.1) is 0 Å². The van der Waals surface area contributed by atoms with Gasteiger partial charge in [-0.1, -0.05) is 35.9 Å². The van der Waals surface area contributed by atoms with Crippen LogP contribution >= 0.6 is 11.6 Å². The molecule has 2 aromatic carbocycles. The second-order valence-corrected chi connectivity index (χ2v) is 5.06. The second-order valence-electron chi connectivity index (χ2n) is 4.63. The Morgan fingerprint density at radius 1 is 1.05 bits per heavy atom. The fourth-order valence-electron chi connectivity index (χ4n) is 1.83. The predicted octanol–water partition coefficient (Wildman–Crippen LogP) is 2.84. The van der Waals surface area contributed by atoms with E-state index in [0.29, 0.717) is 24.5 Å². The van der Waals surface area contributed by atoms with Crippen molar-refractivity contribution in [2.45, 2.75) is 19.4 Å². The molecule has 0 bridgehead atoms. The molecule has 0 aliphatic heterocycles. The largest absolute Gasteiger partial charge is 0.489 e. The Labute approximate surface area is 128 Å². The number of nitrogens with two attached hydrogens (primary N) is 1. The number of rotatable bonds is 6. The van der Waals surface area contributed by atoms with Crippen LogP contribution in [-0.4, -0.2) is 5.91 Å². The molecular formula is C16H17ClN2O2. The van der Waals surface area contributed by atoms with E-state index in [9.17, 15) is 4.79 Å². The number of nitrogens with one attached hydrogen (secondary N) is 1. The van der Waals surface area contributed by atoms with E-state index in [1.165, 1.54) is 0 Å². The van der Waals surface area contributed by atoms with E-state index >= 15 is 0 Å². The number of amides is 1. The molecule has 0 heterocycles. The number of benzene rings is 2. The summed E-state index contributed by atoms with van der Waals surface area (Å²) in [6.45, 7) is 0.492. The highest BCUT2D eigenvalue weighted by Crippen LogP contribution is 2.16. The lowest BCUT2D eigenvalue weighted by molar-refractivity contribution is -0.121. The van der Waals surface area contributed by atoms with Crippen molar-refractivity contribution < 1.29 is 9.53 Å². The second kappa shape index (κ2) is 7.67. The molecule has 1 amide bonds. The van der Waals surface area contributed by atoms with Crippen LogP contribution in [-0.2, 0) is 17.8 Å².